The van der Waals surface area contributed by atoms with Crippen LogP contribution in [0.1, 0.15) is 24.0 Å². The predicted octanol–water partition coefficient (Wildman–Crippen LogP) is 4.38. The second-order valence-electron chi connectivity index (χ2n) is 4.83. The third kappa shape index (κ3) is 4.81. The molecule has 1 unspecified atom stereocenters. The maximum Gasteiger partial charge on any atom is 0.0581 e. The van der Waals surface area contributed by atoms with Crippen molar-refractivity contribution in [2.45, 2.75) is 31.8 Å². The van der Waals surface area contributed by atoms with E-state index in [1.54, 1.807) is 0 Å². The van der Waals surface area contributed by atoms with Gasteiger partial charge in [-0.05, 0) is 42.9 Å². The maximum atomic E-state index is 10.1. The van der Waals surface area contributed by atoms with E-state index in [0.717, 1.165) is 30.2 Å². The van der Waals surface area contributed by atoms with Gasteiger partial charge in [-0.25, -0.2) is 0 Å². The van der Waals surface area contributed by atoms with E-state index >= 15 is 0 Å². The van der Waals surface area contributed by atoms with E-state index in [4.69, 9.17) is 0 Å². The van der Waals surface area contributed by atoms with Crippen LogP contribution in [-0.2, 0) is 12.8 Å². The molecular formula is C17H19BrO. The summed E-state index contributed by atoms with van der Waals surface area (Å²) in [6, 6.07) is 18.5. The van der Waals surface area contributed by atoms with Gasteiger partial charge in [0.05, 0.1) is 6.10 Å². The van der Waals surface area contributed by atoms with Crippen LogP contribution < -0.4 is 0 Å². The highest BCUT2D eigenvalue weighted by Crippen LogP contribution is 2.19. The topological polar surface area (TPSA) is 20.2 Å². The average molecular weight is 319 g/mol. The predicted molar refractivity (Wildman–Crippen MR) is 83.2 cm³/mol. The summed E-state index contributed by atoms with van der Waals surface area (Å²) in [5, 5.41) is 10.1. The monoisotopic (exact) mass is 318 g/mol. The number of rotatable bonds is 6. The van der Waals surface area contributed by atoms with E-state index < -0.39 is 0 Å². The van der Waals surface area contributed by atoms with Gasteiger partial charge >= 0.3 is 0 Å². The Labute approximate surface area is 123 Å². The normalized spacial score (nSPS) is 12.3. The van der Waals surface area contributed by atoms with Crippen molar-refractivity contribution in [3.05, 3.63) is 70.2 Å². The highest BCUT2D eigenvalue weighted by molar-refractivity contribution is 9.10. The Hall–Kier alpha value is -1.12. The van der Waals surface area contributed by atoms with Gasteiger partial charge in [0.1, 0.15) is 0 Å². The van der Waals surface area contributed by atoms with Crippen LogP contribution in [-0.4, -0.2) is 11.2 Å². The quantitative estimate of drug-likeness (QED) is 0.838. The summed E-state index contributed by atoms with van der Waals surface area (Å²) in [6.07, 6.45) is 3.36. The van der Waals surface area contributed by atoms with Gasteiger partial charge in [-0.1, -0.05) is 64.5 Å². The molecule has 0 spiro atoms. The van der Waals surface area contributed by atoms with Gasteiger partial charge in [-0.3, -0.25) is 0 Å². The Balaban J connectivity index is 1.76. The molecule has 2 aromatic rings. The van der Waals surface area contributed by atoms with Crippen molar-refractivity contribution in [1.29, 1.82) is 0 Å². The van der Waals surface area contributed by atoms with Crippen LogP contribution in [0.15, 0.2) is 59.1 Å². The van der Waals surface area contributed by atoms with Crippen molar-refractivity contribution in [2.75, 3.05) is 0 Å². The molecule has 0 bridgehead atoms. The molecule has 0 saturated heterocycles. The lowest BCUT2D eigenvalue weighted by molar-refractivity contribution is 0.162. The molecule has 19 heavy (non-hydrogen) atoms. The molecule has 100 valence electrons. The zero-order chi connectivity index (χ0) is 13.5. The number of halogens is 1. The van der Waals surface area contributed by atoms with Gasteiger partial charge in [-0.2, -0.15) is 0 Å². The lowest BCUT2D eigenvalue weighted by Gasteiger charge is -2.11. The minimum atomic E-state index is -0.262. The van der Waals surface area contributed by atoms with E-state index in [1.165, 1.54) is 11.1 Å². The molecule has 0 aromatic heterocycles. The number of aliphatic hydroxyl groups excluding tert-OH is 1. The molecule has 1 N–H and O–H groups in total. The smallest absolute Gasteiger partial charge is 0.0581 e. The molecule has 0 aliphatic carbocycles. The van der Waals surface area contributed by atoms with Crippen LogP contribution in [0.5, 0.6) is 0 Å². The second-order valence-corrected chi connectivity index (χ2v) is 5.68. The second kappa shape index (κ2) is 7.46. The van der Waals surface area contributed by atoms with E-state index in [1.807, 2.05) is 24.3 Å². The number of hydrogen-bond donors (Lipinski definition) is 1. The van der Waals surface area contributed by atoms with Gasteiger partial charge < -0.3 is 5.11 Å². The molecule has 0 amide bonds. The molecule has 1 atom stereocenters. The first-order valence-electron chi connectivity index (χ1n) is 6.71. The van der Waals surface area contributed by atoms with E-state index in [2.05, 4.69) is 46.3 Å². The fourth-order valence-corrected chi connectivity index (χ4v) is 2.65. The molecule has 2 rings (SSSR count). The highest BCUT2D eigenvalue weighted by atomic mass is 79.9. The Morgan fingerprint density at radius 2 is 1.63 bits per heavy atom. The van der Waals surface area contributed by atoms with Crippen molar-refractivity contribution < 1.29 is 5.11 Å². The number of aryl methyl sites for hydroxylation is 1. The first-order valence-corrected chi connectivity index (χ1v) is 7.50. The van der Waals surface area contributed by atoms with Crippen LogP contribution in [0.25, 0.3) is 0 Å². The molecule has 0 fully saturated rings. The lowest BCUT2D eigenvalue weighted by Crippen LogP contribution is -2.11. The van der Waals surface area contributed by atoms with Gasteiger partial charge in [0.25, 0.3) is 0 Å². The van der Waals surface area contributed by atoms with Crippen molar-refractivity contribution in [3.8, 4) is 0 Å². The molecule has 1 nitrogen and oxygen atoms in total. The van der Waals surface area contributed by atoms with E-state index in [0.29, 0.717) is 0 Å². The van der Waals surface area contributed by atoms with Gasteiger partial charge in [0.15, 0.2) is 0 Å². The standard InChI is InChI=1S/C17H19BrO/c18-17-12-5-4-10-15(17)13-16(19)11-6-9-14-7-2-1-3-8-14/h1-5,7-8,10,12,16,19H,6,9,11,13H2. The van der Waals surface area contributed by atoms with Gasteiger partial charge in [0, 0.05) is 4.47 Å². The molecule has 0 radical (unpaired) electrons. The molecule has 2 aromatic carbocycles. The first kappa shape index (κ1) is 14.3. The van der Waals surface area contributed by atoms with Crippen LogP contribution in [0, 0.1) is 0 Å². The minimum absolute atomic E-state index is 0.262. The zero-order valence-corrected chi connectivity index (χ0v) is 12.5. The molecule has 0 aliphatic rings. The molecule has 0 heterocycles. The summed E-state index contributed by atoms with van der Waals surface area (Å²) < 4.78 is 1.08. The van der Waals surface area contributed by atoms with Gasteiger partial charge in [-0.15, -0.1) is 0 Å². The summed E-state index contributed by atoms with van der Waals surface area (Å²) in [6.45, 7) is 0. The number of aliphatic hydroxyl groups is 1. The third-order valence-corrected chi connectivity index (χ3v) is 4.03. The van der Waals surface area contributed by atoms with Crippen molar-refractivity contribution in [2.24, 2.45) is 0 Å². The van der Waals surface area contributed by atoms with E-state index in [-0.39, 0.29) is 6.10 Å². The van der Waals surface area contributed by atoms with E-state index in [9.17, 15) is 5.11 Å². The molecule has 0 saturated carbocycles. The number of benzene rings is 2. The zero-order valence-electron chi connectivity index (χ0n) is 10.9. The Morgan fingerprint density at radius 3 is 2.37 bits per heavy atom. The maximum absolute atomic E-state index is 10.1. The summed E-state index contributed by atoms with van der Waals surface area (Å²) >= 11 is 3.52. The van der Waals surface area contributed by atoms with Crippen LogP contribution in [0.4, 0.5) is 0 Å². The molecular weight excluding hydrogens is 300 g/mol. The molecule has 0 aliphatic heterocycles. The van der Waals surface area contributed by atoms with Crippen molar-refractivity contribution in [1.82, 2.24) is 0 Å². The lowest BCUT2D eigenvalue weighted by atomic mass is 10.0. The Morgan fingerprint density at radius 1 is 0.947 bits per heavy atom. The number of hydrogen-bond acceptors (Lipinski definition) is 1. The summed E-state index contributed by atoms with van der Waals surface area (Å²) in [4.78, 5) is 0. The fourth-order valence-electron chi connectivity index (χ4n) is 2.21. The summed E-state index contributed by atoms with van der Waals surface area (Å²) in [5.74, 6) is 0. The largest absolute Gasteiger partial charge is 0.393 e. The van der Waals surface area contributed by atoms with Crippen LogP contribution >= 0.6 is 15.9 Å². The van der Waals surface area contributed by atoms with Crippen LogP contribution in [0.2, 0.25) is 0 Å². The van der Waals surface area contributed by atoms with Crippen molar-refractivity contribution in [3.63, 3.8) is 0 Å². The fraction of sp³-hybridized carbons (Fsp3) is 0.294. The minimum Gasteiger partial charge on any atom is -0.393 e. The average Bonchev–Trinajstić information content (AvgIpc) is 2.43. The third-order valence-electron chi connectivity index (χ3n) is 3.26. The van der Waals surface area contributed by atoms with Gasteiger partial charge in [0.2, 0.25) is 0 Å². The Bertz CT molecular complexity index is 496. The highest BCUT2D eigenvalue weighted by Gasteiger charge is 2.07. The SMILES string of the molecule is OC(CCCc1ccccc1)Cc1ccccc1Br. The summed E-state index contributed by atoms with van der Waals surface area (Å²) in [7, 11) is 0. The Kier molecular flexibility index (Phi) is 5.62. The molecule has 2 heteroatoms. The van der Waals surface area contributed by atoms with Crippen LogP contribution in [0.3, 0.4) is 0 Å². The summed E-state index contributed by atoms with van der Waals surface area (Å²) in [5.41, 5.74) is 2.52. The first-order chi connectivity index (χ1) is 9.25. The van der Waals surface area contributed by atoms with Crippen molar-refractivity contribution >= 4 is 15.9 Å².